The number of hydrogen-bond acceptors (Lipinski definition) is 9. The van der Waals surface area contributed by atoms with E-state index in [4.69, 9.17) is 16.3 Å². The van der Waals surface area contributed by atoms with Crippen LogP contribution in [0.5, 0.6) is 0 Å². The standard InChI is InChI=1S/C47H73ClN4O6/c1-28(2)38-32(53)23-47(35(54)27-52(22-21-51(11)12)29(3)40-49-25-30(48)26-50-40)20-19-45(9)31(39(38)47)13-14-34-44(8)17-16-36(58-37(55)24-42(4,5)41(56)57)43(6,7)33(44)15-18-46(34,45)10/h25-26,28-29,31,33-36,54H,13-24,27H2,1-12H3,(H,56,57)/t29-,31-,33+,34-,35+,36+,44+,45-,46-,47+/m1/s1. The van der Waals surface area contributed by atoms with Crippen LogP contribution in [-0.4, -0.2) is 93.6 Å². The molecular formula is C47H73ClN4O6. The lowest BCUT2D eigenvalue weighted by molar-refractivity contribution is -0.235. The first-order chi connectivity index (χ1) is 26.9. The molecule has 0 spiro atoms. The van der Waals surface area contributed by atoms with Crippen LogP contribution in [0.15, 0.2) is 23.5 Å². The third-order valence-corrected chi connectivity index (χ3v) is 17.5. The van der Waals surface area contributed by atoms with E-state index in [1.807, 2.05) is 0 Å². The van der Waals surface area contributed by atoms with Crippen molar-refractivity contribution in [3.63, 3.8) is 0 Å². The molecule has 0 saturated heterocycles. The molecule has 324 valence electrons. The molecule has 58 heavy (non-hydrogen) atoms. The summed E-state index contributed by atoms with van der Waals surface area (Å²) in [5.74, 6) is 0.541. The van der Waals surface area contributed by atoms with Crippen molar-refractivity contribution in [1.29, 1.82) is 0 Å². The van der Waals surface area contributed by atoms with Crippen LogP contribution < -0.4 is 0 Å². The highest BCUT2D eigenvalue weighted by Gasteiger charge is 2.71. The van der Waals surface area contributed by atoms with Crippen molar-refractivity contribution >= 4 is 29.3 Å². The second kappa shape index (κ2) is 15.8. The lowest BCUT2D eigenvalue weighted by atomic mass is 9.33. The first-order valence-corrected chi connectivity index (χ1v) is 22.5. The Kier molecular flexibility index (Phi) is 12.3. The minimum Gasteiger partial charge on any atom is -0.481 e. The molecule has 1 heterocycles. The molecule has 11 heteroatoms. The van der Waals surface area contributed by atoms with E-state index in [0.717, 1.165) is 63.5 Å². The van der Waals surface area contributed by atoms with Gasteiger partial charge in [-0.05, 0) is 132 Å². The number of ketones is 1. The maximum absolute atomic E-state index is 14.4. The molecule has 0 unspecified atom stereocenters. The number of aliphatic hydroxyl groups is 1. The molecular weight excluding hydrogens is 752 g/mol. The summed E-state index contributed by atoms with van der Waals surface area (Å²) in [4.78, 5) is 52.9. The number of carboxylic acid groups (broad SMARTS) is 1. The Hall–Kier alpha value is -2.40. The number of halogens is 1. The fraction of sp³-hybridized carbons (Fsp3) is 0.809. The van der Waals surface area contributed by atoms with Gasteiger partial charge in [-0.25, -0.2) is 9.97 Å². The number of carbonyl (C=O) groups is 3. The molecule has 0 aliphatic heterocycles. The fourth-order valence-corrected chi connectivity index (χ4v) is 13.9. The Morgan fingerprint density at radius 3 is 2.19 bits per heavy atom. The van der Waals surface area contributed by atoms with Crippen molar-refractivity contribution in [3.8, 4) is 0 Å². The highest BCUT2D eigenvalue weighted by molar-refractivity contribution is 6.30. The van der Waals surface area contributed by atoms with E-state index >= 15 is 0 Å². The van der Waals surface area contributed by atoms with Crippen molar-refractivity contribution in [1.82, 2.24) is 19.8 Å². The summed E-state index contributed by atoms with van der Waals surface area (Å²) in [5, 5.41) is 22.9. The number of aliphatic hydroxyl groups excluding tert-OH is 1. The van der Waals surface area contributed by atoms with Crippen LogP contribution in [-0.2, 0) is 19.1 Å². The van der Waals surface area contributed by atoms with Crippen LogP contribution in [0.2, 0.25) is 5.02 Å². The molecule has 10 nitrogen and oxygen atoms in total. The Morgan fingerprint density at radius 1 is 0.931 bits per heavy atom. The summed E-state index contributed by atoms with van der Waals surface area (Å²) in [7, 11) is 4.12. The number of likely N-dealkylation sites (N-methyl/N-ethyl adjacent to an activating group) is 1. The number of carboxylic acids is 1. The predicted molar refractivity (Wildman–Crippen MR) is 227 cm³/mol. The van der Waals surface area contributed by atoms with Crippen LogP contribution in [0, 0.1) is 56.2 Å². The second-order valence-electron chi connectivity index (χ2n) is 21.8. The number of nitrogens with zero attached hydrogens (tertiary/aromatic N) is 4. The van der Waals surface area contributed by atoms with E-state index < -0.39 is 28.9 Å². The van der Waals surface area contributed by atoms with Gasteiger partial charge in [-0.3, -0.25) is 19.3 Å². The zero-order valence-electron chi connectivity index (χ0n) is 37.6. The molecule has 0 bridgehead atoms. The monoisotopic (exact) mass is 825 g/mol. The minimum atomic E-state index is -1.18. The molecule has 10 atom stereocenters. The molecule has 2 N–H and O–H groups in total. The zero-order chi connectivity index (χ0) is 43.0. The lowest BCUT2D eigenvalue weighted by Gasteiger charge is -2.72. The van der Waals surface area contributed by atoms with Gasteiger partial charge in [0, 0.05) is 49.3 Å². The number of rotatable bonds is 13. The normalized spacial score (nSPS) is 35.6. The highest BCUT2D eigenvalue weighted by atomic mass is 35.5. The smallest absolute Gasteiger partial charge is 0.309 e. The largest absolute Gasteiger partial charge is 0.481 e. The number of aliphatic carboxylic acids is 1. The highest BCUT2D eigenvalue weighted by Crippen LogP contribution is 2.77. The van der Waals surface area contributed by atoms with Gasteiger partial charge in [0.2, 0.25) is 0 Å². The number of Topliss-reactive ketones (excluding diaryl/α,β-unsaturated/α-hetero) is 1. The summed E-state index contributed by atoms with van der Waals surface area (Å²) < 4.78 is 6.20. The molecule has 0 radical (unpaired) electrons. The third kappa shape index (κ3) is 7.40. The molecule has 1 aromatic rings. The molecule has 0 amide bonds. The Labute approximate surface area is 353 Å². The number of hydrogen-bond donors (Lipinski definition) is 2. The van der Waals surface area contributed by atoms with E-state index in [-0.39, 0.29) is 57.8 Å². The van der Waals surface area contributed by atoms with E-state index in [1.54, 1.807) is 26.2 Å². The number of carbonyl (C=O) groups excluding carboxylic acids is 2. The molecule has 6 rings (SSSR count). The number of ether oxygens (including phenoxy) is 1. The van der Waals surface area contributed by atoms with Crippen LogP contribution in [0.1, 0.15) is 145 Å². The van der Waals surface area contributed by atoms with Gasteiger partial charge in [0.1, 0.15) is 11.9 Å². The molecule has 5 aliphatic carbocycles. The van der Waals surface area contributed by atoms with Gasteiger partial charge in [-0.1, -0.05) is 65.6 Å². The number of fused-ring (bicyclic) bond motifs is 7. The summed E-state index contributed by atoms with van der Waals surface area (Å²) in [5.41, 5.74) is 0.184. The molecule has 5 aliphatic rings. The summed E-state index contributed by atoms with van der Waals surface area (Å²) in [6.07, 6.45) is 10.1. The summed E-state index contributed by atoms with van der Waals surface area (Å²) in [6, 6.07) is -0.157. The zero-order valence-corrected chi connectivity index (χ0v) is 38.3. The van der Waals surface area contributed by atoms with Crippen LogP contribution >= 0.6 is 11.6 Å². The maximum atomic E-state index is 14.4. The number of aromatic nitrogens is 2. The van der Waals surface area contributed by atoms with Crippen LogP contribution in [0.25, 0.3) is 0 Å². The Bertz CT molecular complexity index is 1780. The second-order valence-corrected chi connectivity index (χ2v) is 22.2. The van der Waals surface area contributed by atoms with Gasteiger partial charge in [0.15, 0.2) is 5.78 Å². The van der Waals surface area contributed by atoms with Gasteiger partial charge in [0.25, 0.3) is 0 Å². The molecule has 4 fully saturated rings. The molecule has 0 aromatic carbocycles. The van der Waals surface area contributed by atoms with Crippen molar-refractivity contribution in [2.24, 2.45) is 56.2 Å². The molecule has 4 saturated carbocycles. The van der Waals surface area contributed by atoms with Crippen LogP contribution in [0.3, 0.4) is 0 Å². The number of allylic oxidation sites excluding steroid dienone is 1. The average molecular weight is 826 g/mol. The average Bonchev–Trinajstić information content (AvgIpc) is 3.44. The first kappa shape index (κ1) is 45.1. The summed E-state index contributed by atoms with van der Waals surface area (Å²) in [6.45, 7) is 23.7. The maximum Gasteiger partial charge on any atom is 0.309 e. The van der Waals surface area contributed by atoms with Gasteiger partial charge in [-0.15, -0.1) is 0 Å². The van der Waals surface area contributed by atoms with Gasteiger partial charge in [-0.2, -0.15) is 0 Å². The Morgan fingerprint density at radius 2 is 1.59 bits per heavy atom. The first-order valence-electron chi connectivity index (χ1n) is 22.1. The minimum absolute atomic E-state index is 0.0162. The Balaban J connectivity index is 1.30. The predicted octanol–water partition coefficient (Wildman–Crippen LogP) is 8.81. The van der Waals surface area contributed by atoms with Crippen LogP contribution in [0.4, 0.5) is 0 Å². The van der Waals surface area contributed by atoms with Gasteiger partial charge >= 0.3 is 11.9 Å². The van der Waals surface area contributed by atoms with Gasteiger partial charge < -0.3 is 19.8 Å². The van der Waals surface area contributed by atoms with E-state index in [2.05, 4.69) is 89.3 Å². The van der Waals surface area contributed by atoms with E-state index in [1.165, 1.54) is 5.57 Å². The van der Waals surface area contributed by atoms with E-state index in [0.29, 0.717) is 42.2 Å². The quantitative estimate of drug-likeness (QED) is 0.186. The SMILES string of the molecule is CC(C)C1=C2[C@H]3CC[C@@H]4[C@@]5(C)CC[C@H](OC(=O)CC(C)(C)C(=O)O)C(C)(C)[C@@H]5CC[C@@]4(C)[C@]3(C)CC[C@@]2([C@@H](O)CN(CCN(C)C)[C@H](C)c2ncc(Cl)cn2)CC1=O. The van der Waals surface area contributed by atoms with Crippen molar-refractivity contribution in [2.45, 2.75) is 152 Å². The topological polar surface area (TPSA) is 133 Å². The lowest BCUT2D eigenvalue weighted by Crippen LogP contribution is -2.66. The van der Waals surface area contributed by atoms with E-state index in [9.17, 15) is 24.6 Å². The number of esters is 1. The third-order valence-electron chi connectivity index (χ3n) is 17.3. The fourth-order valence-electron chi connectivity index (χ4n) is 13.8. The summed E-state index contributed by atoms with van der Waals surface area (Å²) >= 11 is 6.16. The van der Waals surface area contributed by atoms with Gasteiger partial charge in [0.05, 0.1) is 29.0 Å². The van der Waals surface area contributed by atoms with Crippen molar-refractivity contribution in [3.05, 3.63) is 34.4 Å². The van der Waals surface area contributed by atoms with Crippen molar-refractivity contribution in [2.75, 3.05) is 33.7 Å². The molecule has 1 aromatic heterocycles. The van der Waals surface area contributed by atoms with Crippen molar-refractivity contribution < 1.29 is 29.3 Å².